The van der Waals surface area contributed by atoms with E-state index < -0.39 is 0 Å². The Morgan fingerprint density at radius 1 is 0.409 bits per heavy atom. The average Bonchev–Trinajstić information content (AvgIpc) is 2.45. The summed E-state index contributed by atoms with van der Waals surface area (Å²) in [4.78, 5) is 0. The van der Waals surface area contributed by atoms with Crippen LogP contribution in [0.1, 0.15) is 61.1 Å². The summed E-state index contributed by atoms with van der Waals surface area (Å²) in [5, 5.41) is 0. The van der Waals surface area contributed by atoms with E-state index in [9.17, 15) is 0 Å². The normalized spacial score (nSPS) is 9.36. The standard InChI is InChI=1S/C18H22.2C2H6/c1-11-7-13(3)17(14(4)8-11)18-15(5)9-12(2)10-16(18)6;2*1-2/h7-10H,1-6H3;2*1-2H3. The van der Waals surface area contributed by atoms with Gasteiger partial charge in [-0.3, -0.25) is 0 Å². The summed E-state index contributed by atoms with van der Waals surface area (Å²) in [6.07, 6.45) is 0. The third kappa shape index (κ3) is 4.73. The third-order valence-electron chi connectivity index (χ3n) is 3.60. The van der Waals surface area contributed by atoms with E-state index in [0.717, 1.165) is 0 Å². The van der Waals surface area contributed by atoms with Crippen molar-refractivity contribution in [2.24, 2.45) is 0 Å². The molecule has 122 valence electrons. The maximum absolute atomic E-state index is 2.28. The van der Waals surface area contributed by atoms with Crippen LogP contribution in [-0.2, 0) is 0 Å². The Morgan fingerprint density at radius 2 is 0.591 bits per heavy atom. The Labute approximate surface area is 138 Å². The molecule has 0 saturated carbocycles. The van der Waals surface area contributed by atoms with E-state index in [-0.39, 0.29) is 0 Å². The van der Waals surface area contributed by atoms with Gasteiger partial charge in [-0.05, 0) is 74.9 Å². The molecule has 0 nitrogen and oxygen atoms in total. The smallest absolute Gasteiger partial charge is 0.0120 e. The van der Waals surface area contributed by atoms with E-state index in [4.69, 9.17) is 0 Å². The molecule has 0 radical (unpaired) electrons. The van der Waals surface area contributed by atoms with E-state index in [1.54, 1.807) is 0 Å². The Bertz CT molecular complexity index is 502. The SMILES string of the molecule is CC.CC.Cc1cc(C)c(-c2c(C)cc(C)cc2C)c(C)c1. The summed E-state index contributed by atoms with van der Waals surface area (Å²) >= 11 is 0. The van der Waals surface area contributed by atoms with Gasteiger partial charge in [0, 0.05) is 0 Å². The first-order chi connectivity index (χ1) is 10.4. The Kier molecular flexibility index (Phi) is 8.79. The summed E-state index contributed by atoms with van der Waals surface area (Å²) < 4.78 is 0. The lowest BCUT2D eigenvalue weighted by atomic mass is 9.87. The van der Waals surface area contributed by atoms with Gasteiger partial charge in [0.2, 0.25) is 0 Å². The van der Waals surface area contributed by atoms with Crippen molar-refractivity contribution < 1.29 is 0 Å². The van der Waals surface area contributed by atoms with Crippen LogP contribution in [0.4, 0.5) is 0 Å². The molecular weight excluding hydrogens is 264 g/mol. The average molecular weight is 299 g/mol. The summed E-state index contributed by atoms with van der Waals surface area (Å²) in [6, 6.07) is 9.12. The van der Waals surface area contributed by atoms with Crippen LogP contribution in [0.5, 0.6) is 0 Å². The molecule has 2 aromatic carbocycles. The molecule has 0 fully saturated rings. The van der Waals surface area contributed by atoms with Gasteiger partial charge in [0.25, 0.3) is 0 Å². The van der Waals surface area contributed by atoms with Crippen molar-refractivity contribution in [3.8, 4) is 11.1 Å². The molecule has 0 saturated heterocycles. The number of aryl methyl sites for hydroxylation is 6. The first kappa shape index (κ1) is 20.4. The fraction of sp³-hybridized carbons (Fsp3) is 0.455. The van der Waals surface area contributed by atoms with Crippen LogP contribution in [0.15, 0.2) is 24.3 Å². The molecule has 0 aliphatic rings. The van der Waals surface area contributed by atoms with Crippen molar-refractivity contribution in [1.29, 1.82) is 0 Å². The second kappa shape index (κ2) is 9.46. The summed E-state index contributed by atoms with van der Waals surface area (Å²) in [5.41, 5.74) is 11.0. The molecule has 0 aliphatic carbocycles. The number of rotatable bonds is 1. The van der Waals surface area contributed by atoms with Gasteiger partial charge in [-0.15, -0.1) is 0 Å². The zero-order valence-corrected chi connectivity index (χ0v) is 16.3. The molecule has 2 rings (SSSR count). The molecule has 0 bridgehead atoms. The fourth-order valence-corrected chi connectivity index (χ4v) is 3.15. The van der Waals surface area contributed by atoms with E-state index in [2.05, 4.69) is 65.8 Å². The zero-order chi connectivity index (χ0) is 17.4. The summed E-state index contributed by atoms with van der Waals surface area (Å²) in [6.45, 7) is 21.2. The topological polar surface area (TPSA) is 0 Å². The second-order valence-electron chi connectivity index (χ2n) is 5.55. The highest BCUT2D eigenvalue weighted by Gasteiger charge is 2.12. The number of hydrogen-bond donors (Lipinski definition) is 0. The molecule has 0 N–H and O–H groups in total. The van der Waals surface area contributed by atoms with Crippen molar-refractivity contribution in [2.75, 3.05) is 0 Å². The lowest BCUT2D eigenvalue weighted by Gasteiger charge is -2.17. The van der Waals surface area contributed by atoms with Crippen LogP contribution in [0.2, 0.25) is 0 Å². The highest BCUT2D eigenvalue weighted by molar-refractivity contribution is 5.77. The van der Waals surface area contributed by atoms with Gasteiger partial charge in [0.1, 0.15) is 0 Å². The molecule has 0 heterocycles. The minimum absolute atomic E-state index is 1.34. The summed E-state index contributed by atoms with van der Waals surface area (Å²) in [5.74, 6) is 0. The van der Waals surface area contributed by atoms with Crippen LogP contribution < -0.4 is 0 Å². The Morgan fingerprint density at radius 3 is 0.773 bits per heavy atom. The third-order valence-corrected chi connectivity index (χ3v) is 3.60. The van der Waals surface area contributed by atoms with Crippen LogP contribution in [0.25, 0.3) is 11.1 Å². The predicted molar refractivity (Wildman–Crippen MR) is 103 cm³/mol. The largest absolute Gasteiger partial charge is 0.0683 e. The molecule has 0 heteroatoms. The van der Waals surface area contributed by atoms with Gasteiger partial charge in [-0.25, -0.2) is 0 Å². The van der Waals surface area contributed by atoms with Crippen molar-refractivity contribution >= 4 is 0 Å². The predicted octanol–water partition coefficient (Wildman–Crippen LogP) is 7.26. The van der Waals surface area contributed by atoms with Gasteiger partial charge in [-0.2, -0.15) is 0 Å². The maximum atomic E-state index is 2.28. The first-order valence-electron chi connectivity index (χ1n) is 8.56. The quantitative estimate of drug-likeness (QED) is 0.520. The van der Waals surface area contributed by atoms with Gasteiger partial charge in [0.15, 0.2) is 0 Å². The highest BCUT2D eigenvalue weighted by Crippen LogP contribution is 2.34. The molecule has 0 unspecified atom stereocenters. The monoisotopic (exact) mass is 298 g/mol. The maximum Gasteiger partial charge on any atom is -0.0120 e. The molecular formula is C22H34. The molecule has 0 aliphatic heterocycles. The molecule has 0 aromatic heterocycles. The lowest BCUT2D eigenvalue weighted by molar-refractivity contribution is 1.27. The van der Waals surface area contributed by atoms with E-state index >= 15 is 0 Å². The van der Waals surface area contributed by atoms with Gasteiger partial charge in [-0.1, -0.05) is 63.1 Å². The van der Waals surface area contributed by atoms with Crippen LogP contribution in [-0.4, -0.2) is 0 Å². The molecule has 22 heavy (non-hydrogen) atoms. The van der Waals surface area contributed by atoms with E-state index in [1.807, 2.05) is 27.7 Å². The van der Waals surface area contributed by atoms with Gasteiger partial charge < -0.3 is 0 Å². The first-order valence-corrected chi connectivity index (χ1v) is 8.56. The fourth-order valence-electron chi connectivity index (χ4n) is 3.15. The number of benzene rings is 2. The Hall–Kier alpha value is -1.56. The van der Waals surface area contributed by atoms with Gasteiger partial charge >= 0.3 is 0 Å². The van der Waals surface area contributed by atoms with Crippen LogP contribution >= 0.6 is 0 Å². The molecule has 0 spiro atoms. The van der Waals surface area contributed by atoms with Crippen molar-refractivity contribution in [3.63, 3.8) is 0 Å². The molecule has 0 atom stereocenters. The lowest BCUT2D eigenvalue weighted by Crippen LogP contribution is -1.96. The highest BCUT2D eigenvalue weighted by atomic mass is 14.2. The minimum Gasteiger partial charge on any atom is -0.0683 e. The van der Waals surface area contributed by atoms with Crippen molar-refractivity contribution in [3.05, 3.63) is 57.6 Å². The van der Waals surface area contributed by atoms with Crippen molar-refractivity contribution in [2.45, 2.75) is 69.2 Å². The number of hydrogen-bond acceptors (Lipinski definition) is 0. The van der Waals surface area contributed by atoms with Crippen LogP contribution in [0, 0.1) is 41.5 Å². The Balaban J connectivity index is 0.00000102. The zero-order valence-electron chi connectivity index (χ0n) is 16.3. The minimum atomic E-state index is 1.34. The van der Waals surface area contributed by atoms with Crippen molar-refractivity contribution in [1.82, 2.24) is 0 Å². The van der Waals surface area contributed by atoms with E-state index in [1.165, 1.54) is 44.5 Å². The summed E-state index contributed by atoms with van der Waals surface area (Å²) in [7, 11) is 0. The molecule has 2 aromatic rings. The van der Waals surface area contributed by atoms with Crippen LogP contribution in [0.3, 0.4) is 0 Å². The second-order valence-corrected chi connectivity index (χ2v) is 5.55. The molecule has 0 amide bonds. The van der Waals surface area contributed by atoms with Gasteiger partial charge in [0.05, 0.1) is 0 Å². The van der Waals surface area contributed by atoms with E-state index in [0.29, 0.717) is 0 Å².